The predicted octanol–water partition coefficient (Wildman–Crippen LogP) is -0.337. The van der Waals surface area contributed by atoms with Gasteiger partial charge < -0.3 is 10.4 Å². The summed E-state index contributed by atoms with van der Waals surface area (Å²) in [5.74, 6) is -1.44. The first-order chi connectivity index (χ1) is 8.95. The van der Waals surface area contributed by atoms with Gasteiger partial charge in [0.25, 0.3) is 0 Å². The molecule has 0 saturated carbocycles. The molecular weight excluding hydrogens is 272 g/mol. The highest BCUT2D eigenvalue weighted by molar-refractivity contribution is 7.99. The molecule has 1 aromatic heterocycles. The van der Waals surface area contributed by atoms with Crippen molar-refractivity contribution < 1.29 is 14.7 Å². The van der Waals surface area contributed by atoms with Crippen molar-refractivity contribution in [3.63, 3.8) is 0 Å². The van der Waals surface area contributed by atoms with Crippen LogP contribution in [0.5, 0.6) is 0 Å². The standard InChI is InChI=1S/C10H16N4O4S/c1-3-4-14-9(18)12-13-10(14)19-5-7(8(16)17)11-6(2)15/h7H,3-5H2,1-2H3,(H,11,15)(H,12,18)(H,16,17). The van der Waals surface area contributed by atoms with Crippen molar-refractivity contribution in [1.82, 2.24) is 20.1 Å². The molecule has 1 heterocycles. The van der Waals surface area contributed by atoms with Gasteiger partial charge in [0.05, 0.1) is 0 Å². The Morgan fingerprint density at radius 2 is 2.26 bits per heavy atom. The van der Waals surface area contributed by atoms with Crippen molar-refractivity contribution in [2.24, 2.45) is 0 Å². The number of aromatic nitrogens is 3. The summed E-state index contributed by atoms with van der Waals surface area (Å²) in [4.78, 5) is 33.3. The molecule has 0 radical (unpaired) electrons. The third kappa shape index (κ3) is 4.43. The van der Waals surface area contributed by atoms with E-state index in [0.29, 0.717) is 11.7 Å². The summed E-state index contributed by atoms with van der Waals surface area (Å²) in [6.07, 6.45) is 0.765. The maximum Gasteiger partial charge on any atom is 0.343 e. The first kappa shape index (κ1) is 15.3. The van der Waals surface area contributed by atoms with Crippen LogP contribution < -0.4 is 11.0 Å². The van der Waals surface area contributed by atoms with Crippen LogP contribution in [0.4, 0.5) is 0 Å². The third-order valence-corrected chi connectivity index (χ3v) is 3.30. The van der Waals surface area contributed by atoms with Crippen LogP contribution in [0.25, 0.3) is 0 Å². The number of thioether (sulfide) groups is 1. The molecule has 106 valence electrons. The number of hydrogen-bond acceptors (Lipinski definition) is 5. The summed E-state index contributed by atoms with van der Waals surface area (Å²) in [5, 5.41) is 17.8. The molecule has 19 heavy (non-hydrogen) atoms. The lowest BCUT2D eigenvalue weighted by molar-refractivity contribution is -0.140. The Morgan fingerprint density at radius 3 is 2.79 bits per heavy atom. The monoisotopic (exact) mass is 288 g/mol. The average Bonchev–Trinajstić information content (AvgIpc) is 2.66. The summed E-state index contributed by atoms with van der Waals surface area (Å²) in [7, 11) is 0. The number of carboxylic acids is 1. The van der Waals surface area contributed by atoms with Gasteiger partial charge in [-0.3, -0.25) is 9.36 Å². The Bertz CT molecular complexity index is 510. The van der Waals surface area contributed by atoms with Gasteiger partial charge in [-0.25, -0.2) is 14.7 Å². The molecule has 0 aromatic carbocycles. The van der Waals surface area contributed by atoms with Gasteiger partial charge in [0.2, 0.25) is 5.91 Å². The van der Waals surface area contributed by atoms with Crippen LogP contribution in [-0.4, -0.2) is 43.5 Å². The summed E-state index contributed by atoms with van der Waals surface area (Å²) in [6.45, 7) is 3.68. The van der Waals surface area contributed by atoms with E-state index in [2.05, 4.69) is 15.5 Å². The Kier molecular flexibility index (Phi) is 5.61. The number of aromatic amines is 1. The van der Waals surface area contributed by atoms with Gasteiger partial charge in [0.1, 0.15) is 6.04 Å². The fourth-order valence-corrected chi connectivity index (χ4v) is 2.39. The summed E-state index contributed by atoms with van der Waals surface area (Å²) in [6, 6.07) is -1.01. The molecule has 0 aliphatic heterocycles. The van der Waals surface area contributed by atoms with Crippen molar-refractivity contribution >= 4 is 23.6 Å². The fourth-order valence-electron chi connectivity index (χ4n) is 1.41. The smallest absolute Gasteiger partial charge is 0.343 e. The molecular formula is C10H16N4O4S. The van der Waals surface area contributed by atoms with Gasteiger partial charge in [-0.15, -0.1) is 5.10 Å². The Hall–Kier alpha value is -1.77. The van der Waals surface area contributed by atoms with E-state index in [1.54, 1.807) is 0 Å². The Balaban J connectivity index is 2.71. The molecule has 9 heteroatoms. The van der Waals surface area contributed by atoms with Crippen molar-refractivity contribution in [3.8, 4) is 0 Å². The zero-order chi connectivity index (χ0) is 14.4. The fraction of sp³-hybridized carbons (Fsp3) is 0.600. The predicted molar refractivity (Wildman–Crippen MR) is 69.1 cm³/mol. The minimum atomic E-state index is -1.12. The highest BCUT2D eigenvalue weighted by Crippen LogP contribution is 2.14. The summed E-state index contributed by atoms with van der Waals surface area (Å²) >= 11 is 1.11. The topological polar surface area (TPSA) is 117 Å². The summed E-state index contributed by atoms with van der Waals surface area (Å²) in [5.41, 5.74) is -0.323. The number of carboxylic acid groups (broad SMARTS) is 1. The van der Waals surface area contributed by atoms with E-state index in [1.807, 2.05) is 6.92 Å². The van der Waals surface area contributed by atoms with Crippen LogP contribution in [0.2, 0.25) is 0 Å². The minimum absolute atomic E-state index is 0.100. The van der Waals surface area contributed by atoms with Gasteiger partial charge in [-0.1, -0.05) is 18.7 Å². The number of carbonyl (C=O) groups excluding carboxylic acids is 1. The Morgan fingerprint density at radius 1 is 1.58 bits per heavy atom. The van der Waals surface area contributed by atoms with Crippen LogP contribution in [0.3, 0.4) is 0 Å². The molecule has 1 aromatic rings. The van der Waals surface area contributed by atoms with Crippen LogP contribution >= 0.6 is 11.8 Å². The first-order valence-corrected chi connectivity index (χ1v) is 6.72. The number of nitrogens with one attached hydrogen (secondary N) is 2. The average molecular weight is 288 g/mol. The van der Waals surface area contributed by atoms with Crippen molar-refractivity contribution in [1.29, 1.82) is 0 Å². The van der Waals surface area contributed by atoms with Crippen LogP contribution in [0.1, 0.15) is 20.3 Å². The van der Waals surface area contributed by atoms with Gasteiger partial charge in [-0.2, -0.15) is 0 Å². The van der Waals surface area contributed by atoms with Gasteiger partial charge in [0.15, 0.2) is 5.16 Å². The van der Waals surface area contributed by atoms with Crippen LogP contribution in [0.15, 0.2) is 9.95 Å². The molecule has 0 bridgehead atoms. The lowest BCUT2D eigenvalue weighted by Crippen LogP contribution is -2.41. The van der Waals surface area contributed by atoms with Crippen molar-refractivity contribution in [2.75, 3.05) is 5.75 Å². The highest BCUT2D eigenvalue weighted by atomic mass is 32.2. The molecule has 3 N–H and O–H groups in total. The molecule has 8 nitrogen and oxygen atoms in total. The number of nitrogens with zero attached hydrogens (tertiary/aromatic N) is 2. The summed E-state index contributed by atoms with van der Waals surface area (Å²) < 4.78 is 1.44. The molecule has 1 rings (SSSR count). The highest BCUT2D eigenvalue weighted by Gasteiger charge is 2.20. The number of aliphatic carboxylic acids is 1. The Labute approximate surface area is 113 Å². The molecule has 0 spiro atoms. The van der Waals surface area contributed by atoms with E-state index in [-0.39, 0.29) is 11.4 Å². The van der Waals surface area contributed by atoms with E-state index in [4.69, 9.17) is 5.11 Å². The molecule has 1 unspecified atom stereocenters. The molecule has 0 fully saturated rings. The zero-order valence-corrected chi connectivity index (χ0v) is 11.5. The quantitative estimate of drug-likeness (QED) is 0.591. The number of rotatable bonds is 7. The normalized spacial score (nSPS) is 12.1. The van der Waals surface area contributed by atoms with Gasteiger partial charge in [-0.05, 0) is 6.42 Å². The van der Waals surface area contributed by atoms with E-state index in [9.17, 15) is 14.4 Å². The SMILES string of the molecule is CCCn1c(SCC(NC(C)=O)C(=O)O)n[nH]c1=O. The number of amides is 1. The van der Waals surface area contributed by atoms with Crippen LogP contribution in [0, 0.1) is 0 Å². The molecule has 0 aliphatic rings. The molecule has 1 amide bonds. The van der Waals surface area contributed by atoms with Gasteiger partial charge in [0, 0.05) is 19.2 Å². The van der Waals surface area contributed by atoms with Crippen molar-refractivity contribution in [3.05, 3.63) is 10.5 Å². The molecule has 1 atom stereocenters. The third-order valence-electron chi connectivity index (χ3n) is 2.23. The second kappa shape index (κ2) is 6.98. The number of hydrogen-bond donors (Lipinski definition) is 3. The van der Waals surface area contributed by atoms with E-state index in [0.717, 1.165) is 18.2 Å². The molecule has 0 saturated heterocycles. The molecule has 0 aliphatic carbocycles. The minimum Gasteiger partial charge on any atom is -0.480 e. The maximum absolute atomic E-state index is 11.4. The second-order valence-electron chi connectivity index (χ2n) is 3.87. The largest absolute Gasteiger partial charge is 0.480 e. The van der Waals surface area contributed by atoms with E-state index < -0.39 is 17.9 Å². The van der Waals surface area contributed by atoms with E-state index >= 15 is 0 Å². The second-order valence-corrected chi connectivity index (χ2v) is 4.85. The first-order valence-electron chi connectivity index (χ1n) is 5.73. The lowest BCUT2D eigenvalue weighted by Gasteiger charge is -2.12. The maximum atomic E-state index is 11.4. The number of carbonyl (C=O) groups is 2. The van der Waals surface area contributed by atoms with Crippen LogP contribution in [-0.2, 0) is 16.1 Å². The van der Waals surface area contributed by atoms with Gasteiger partial charge >= 0.3 is 11.7 Å². The van der Waals surface area contributed by atoms with Crippen molar-refractivity contribution in [2.45, 2.75) is 38.0 Å². The lowest BCUT2D eigenvalue weighted by atomic mass is 10.3. The zero-order valence-electron chi connectivity index (χ0n) is 10.7. The number of H-pyrrole nitrogens is 1. The van der Waals surface area contributed by atoms with E-state index in [1.165, 1.54) is 11.5 Å².